The van der Waals surface area contributed by atoms with Crippen LogP contribution >= 0.6 is 0 Å². The van der Waals surface area contributed by atoms with Crippen LogP contribution in [-0.4, -0.2) is 29.3 Å². The number of aryl methyl sites for hydroxylation is 2. The van der Waals surface area contributed by atoms with Crippen molar-refractivity contribution in [2.45, 2.75) is 20.3 Å². The number of carbonyl (C=O) groups excluding carboxylic acids is 3. The second-order valence-corrected chi connectivity index (χ2v) is 7.32. The maximum Gasteiger partial charge on any atom is 0.266 e. The van der Waals surface area contributed by atoms with Crippen molar-refractivity contribution in [1.82, 2.24) is 10.3 Å². The number of aromatic nitrogens is 1. The number of rotatable bonds is 5. The largest absolute Gasteiger partial charge is 0.352 e. The van der Waals surface area contributed by atoms with Gasteiger partial charge in [0.1, 0.15) is 0 Å². The molecule has 1 aliphatic heterocycles. The van der Waals surface area contributed by atoms with E-state index in [1.165, 1.54) is 11.0 Å². The monoisotopic (exact) mass is 399 g/mol. The Morgan fingerprint density at radius 2 is 1.77 bits per heavy atom. The van der Waals surface area contributed by atoms with Gasteiger partial charge in [-0.15, -0.1) is 0 Å². The molecular formula is C24H21N3O3. The lowest BCUT2D eigenvalue weighted by molar-refractivity contribution is 0.0923. The summed E-state index contributed by atoms with van der Waals surface area (Å²) in [7, 11) is 0. The van der Waals surface area contributed by atoms with Crippen molar-refractivity contribution in [3.63, 3.8) is 0 Å². The molecule has 0 atom stereocenters. The standard InChI is InChI=1S/C24H21N3O3/c1-15-6-7-16(2)21(13-15)27-23(29)19-9-8-17(14-20(19)24(27)30)22(28)26-12-10-18-5-3-4-11-25-18/h3-9,11,13-14H,10,12H2,1-2H3,(H,26,28). The van der Waals surface area contributed by atoms with E-state index in [1.54, 1.807) is 18.3 Å². The molecule has 0 unspecified atom stereocenters. The lowest BCUT2D eigenvalue weighted by atomic mass is 10.1. The molecule has 3 amide bonds. The Hall–Kier alpha value is -3.80. The second kappa shape index (κ2) is 7.91. The second-order valence-electron chi connectivity index (χ2n) is 7.32. The van der Waals surface area contributed by atoms with Gasteiger partial charge >= 0.3 is 0 Å². The Morgan fingerprint density at radius 1 is 0.967 bits per heavy atom. The first-order chi connectivity index (χ1) is 14.5. The molecule has 0 radical (unpaired) electrons. The van der Waals surface area contributed by atoms with E-state index in [1.807, 2.05) is 50.2 Å². The van der Waals surface area contributed by atoms with Crippen molar-refractivity contribution in [2.24, 2.45) is 0 Å². The summed E-state index contributed by atoms with van der Waals surface area (Å²) < 4.78 is 0. The van der Waals surface area contributed by atoms with Crippen molar-refractivity contribution in [3.8, 4) is 0 Å². The first-order valence-electron chi connectivity index (χ1n) is 9.74. The molecular weight excluding hydrogens is 378 g/mol. The van der Waals surface area contributed by atoms with Crippen LogP contribution in [0.15, 0.2) is 60.8 Å². The molecule has 1 aromatic heterocycles. The number of benzene rings is 2. The molecule has 0 saturated heterocycles. The molecule has 1 aliphatic rings. The topological polar surface area (TPSA) is 79.4 Å². The summed E-state index contributed by atoms with van der Waals surface area (Å²) in [5, 5.41) is 2.84. The van der Waals surface area contributed by atoms with Crippen LogP contribution in [0.1, 0.15) is 47.9 Å². The lowest BCUT2D eigenvalue weighted by Crippen LogP contribution is -2.30. The van der Waals surface area contributed by atoms with E-state index < -0.39 is 5.91 Å². The summed E-state index contributed by atoms with van der Waals surface area (Å²) in [5.74, 6) is -1.07. The molecule has 4 rings (SSSR count). The highest BCUT2D eigenvalue weighted by Crippen LogP contribution is 2.31. The van der Waals surface area contributed by atoms with Crippen molar-refractivity contribution in [1.29, 1.82) is 0 Å². The fourth-order valence-electron chi connectivity index (χ4n) is 3.51. The van der Waals surface area contributed by atoms with Crippen molar-refractivity contribution in [3.05, 3.63) is 94.3 Å². The van der Waals surface area contributed by atoms with Crippen LogP contribution in [0.4, 0.5) is 5.69 Å². The lowest BCUT2D eigenvalue weighted by Gasteiger charge is -2.17. The molecule has 150 valence electrons. The van der Waals surface area contributed by atoms with Gasteiger partial charge in [-0.2, -0.15) is 0 Å². The highest BCUT2D eigenvalue weighted by molar-refractivity contribution is 6.35. The SMILES string of the molecule is Cc1ccc(C)c(N2C(=O)c3ccc(C(=O)NCCc4ccccn4)cc3C2=O)c1. The molecule has 0 fully saturated rings. The number of hydrogen-bond acceptors (Lipinski definition) is 4. The summed E-state index contributed by atoms with van der Waals surface area (Å²) in [6.45, 7) is 4.20. The average molecular weight is 399 g/mol. The average Bonchev–Trinajstić information content (AvgIpc) is 3.00. The quantitative estimate of drug-likeness (QED) is 0.667. The summed E-state index contributed by atoms with van der Waals surface area (Å²) in [5.41, 5.74) is 4.16. The summed E-state index contributed by atoms with van der Waals surface area (Å²) in [6.07, 6.45) is 2.32. The number of carbonyl (C=O) groups is 3. The number of nitrogens with one attached hydrogen (secondary N) is 1. The molecule has 6 heteroatoms. The molecule has 0 bridgehead atoms. The molecule has 0 spiro atoms. The molecule has 2 aromatic carbocycles. The van der Waals surface area contributed by atoms with Gasteiger partial charge in [-0.1, -0.05) is 18.2 Å². The molecule has 0 aliphatic carbocycles. The Labute approximate surface area is 174 Å². The Balaban J connectivity index is 1.53. The van der Waals surface area contributed by atoms with Crippen molar-refractivity contribution in [2.75, 3.05) is 11.4 Å². The Bertz CT molecular complexity index is 1160. The smallest absolute Gasteiger partial charge is 0.266 e. The van der Waals surface area contributed by atoms with E-state index in [9.17, 15) is 14.4 Å². The fraction of sp³-hybridized carbons (Fsp3) is 0.167. The minimum absolute atomic E-state index is 0.248. The van der Waals surface area contributed by atoms with E-state index >= 15 is 0 Å². The maximum absolute atomic E-state index is 13.0. The Kier molecular flexibility index (Phi) is 5.14. The molecule has 0 saturated carbocycles. The van der Waals surface area contributed by atoms with Gasteiger partial charge in [0.05, 0.1) is 16.8 Å². The number of hydrogen-bond donors (Lipinski definition) is 1. The van der Waals surface area contributed by atoms with Gasteiger partial charge in [-0.05, 0) is 61.4 Å². The van der Waals surface area contributed by atoms with E-state index in [4.69, 9.17) is 0 Å². The fourth-order valence-corrected chi connectivity index (χ4v) is 3.51. The van der Waals surface area contributed by atoms with Gasteiger partial charge < -0.3 is 5.32 Å². The summed E-state index contributed by atoms with van der Waals surface area (Å²) in [6, 6.07) is 15.9. The normalized spacial score (nSPS) is 12.8. The van der Waals surface area contributed by atoms with Crippen LogP contribution in [0.5, 0.6) is 0 Å². The van der Waals surface area contributed by atoms with Crippen LogP contribution in [0, 0.1) is 13.8 Å². The zero-order chi connectivity index (χ0) is 21.3. The Morgan fingerprint density at radius 3 is 2.53 bits per heavy atom. The van der Waals surface area contributed by atoms with E-state index in [0.717, 1.165) is 16.8 Å². The predicted molar refractivity (Wildman–Crippen MR) is 114 cm³/mol. The van der Waals surface area contributed by atoms with Gasteiger partial charge in [0.15, 0.2) is 0 Å². The number of nitrogens with zero attached hydrogens (tertiary/aromatic N) is 2. The van der Waals surface area contributed by atoms with E-state index in [0.29, 0.717) is 29.8 Å². The summed E-state index contributed by atoms with van der Waals surface area (Å²) >= 11 is 0. The third kappa shape index (κ3) is 3.59. The van der Waals surface area contributed by atoms with Crippen molar-refractivity contribution < 1.29 is 14.4 Å². The molecule has 1 N–H and O–H groups in total. The van der Waals surface area contributed by atoms with Gasteiger partial charge in [0.2, 0.25) is 0 Å². The zero-order valence-corrected chi connectivity index (χ0v) is 16.8. The molecule has 30 heavy (non-hydrogen) atoms. The van der Waals surface area contributed by atoms with Gasteiger partial charge in [-0.3, -0.25) is 19.4 Å². The maximum atomic E-state index is 13.0. The van der Waals surface area contributed by atoms with Crippen molar-refractivity contribution >= 4 is 23.4 Å². The van der Waals surface area contributed by atoms with Crippen LogP contribution in [0.2, 0.25) is 0 Å². The first-order valence-corrected chi connectivity index (χ1v) is 9.74. The predicted octanol–water partition coefficient (Wildman–Crippen LogP) is 3.47. The minimum atomic E-state index is -0.410. The van der Waals surface area contributed by atoms with Crippen LogP contribution in [0.25, 0.3) is 0 Å². The number of pyridine rings is 1. The van der Waals surface area contributed by atoms with Gasteiger partial charge in [0, 0.05) is 30.4 Å². The third-order valence-corrected chi connectivity index (χ3v) is 5.15. The van der Waals surface area contributed by atoms with E-state index in [-0.39, 0.29) is 17.4 Å². The van der Waals surface area contributed by atoms with Crippen LogP contribution in [-0.2, 0) is 6.42 Å². The van der Waals surface area contributed by atoms with E-state index in [2.05, 4.69) is 10.3 Å². The zero-order valence-electron chi connectivity index (χ0n) is 16.8. The molecule has 3 aromatic rings. The highest BCUT2D eigenvalue weighted by Gasteiger charge is 2.37. The molecule has 6 nitrogen and oxygen atoms in total. The van der Waals surface area contributed by atoms with Gasteiger partial charge in [-0.25, -0.2) is 4.90 Å². The third-order valence-electron chi connectivity index (χ3n) is 5.15. The summed E-state index contributed by atoms with van der Waals surface area (Å²) in [4.78, 5) is 43.8. The van der Waals surface area contributed by atoms with Crippen LogP contribution < -0.4 is 10.2 Å². The highest BCUT2D eigenvalue weighted by atomic mass is 16.2. The minimum Gasteiger partial charge on any atom is -0.352 e. The van der Waals surface area contributed by atoms with Gasteiger partial charge in [0.25, 0.3) is 17.7 Å². The number of amides is 3. The number of fused-ring (bicyclic) bond motifs is 1. The first kappa shape index (κ1) is 19.5. The van der Waals surface area contributed by atoms with Crippen LogP contribution in [0.3, 0.4) is 0 Å². The number of anilines is 1. The number of imide groups is 1. The molecule has 2 heterocycles.